The Kier molecular flexibility index (Phi) is 7.57. The molecular weight excluding hydrogens is 543 g/mol. The van der Waals surface area contributed by atoms with Crippen LogP contribution in [0.3, 0.4) is 0 Å². The van der Waals surface area contributed by atoms with Crippen molar-refractivity contribution in [1.82, 2.24) is 5.16 Å². The van der Waals surface area contributed by atoms with E-state index in [0.29, 0.717) is 29.5 Å². The fourth-order valence-electron chi connectivity index (χ4n) is 4.32. The van der Waals surface area contributed by atoms with Crippen LogP contribution in [-0.2, 0) is 41.4 Å². The van der Waals surface area contributed by atoms with Gasteiger partial charge in [-0.25, -0.2) is 0 Å². The Morgan fingerprint density at radius 1 is 1.17 bits per heavy atom. The number of carbonyl (C=O) groups excluding carboxylic acids is 1. The van der Waals surface area contributed by atoms with E-state index in [1.165, 1.54) is 30.6 Å². The fourth-order valence-corrected chi connectivity index (χ4v) is 6.15. The molecule has 35 heavy (non-hydrogen) atoms. The molecular formula is C26H25BrF3NO3S. The molecule has 4 rings (SSSR count). The number of thiophene rings is 1. The third-order valence-electron chi connectivity index (χ3n) is 6.15. The lowest BCUT2D eigenvalue weighted by Gasteiger charge is -2.10. The van der Waals surface area contributed by atoms with E-state index in [0.717, 1.165) is 50.9 Å². The Hall–Kier alpha value is -2.39. The zero-order valence-electron chi connectivity index (χ0n) is 19.6. The summed E-state index contributed by atoms with van der Waals surface area (Å²) in [4.78, 5) is 12.4. The maximum absolute atomic E-state index is 13.2. The number of benzene rings is 2. The van der Waals surface area contributed by atoms with Gasteiger partial charge in [-0.15, -0.1) is 11.3 Å². The van der Waals surface area contributed by atoms with E-state index >= 15 is 0 Å². The first-order valence-corrected chi connectivity index (χ1v) is 13.1. The molecule has 9 heteroatoms. The summed E-state index contributed by atoms with van der Waals surface area (Å²) in [6, 6.07) is 7.94. The van der Waals surface area contributed by atoms with E-state index in [-0.39, 0.29) is 5.97 Å². The topological polar surface area (TPSA) is 52.3 Å². The second kappa shape index (κ2) is 10.3. The van der Waals surface area contributed by atoms with Crippen LogP contribution in [0.2, 0.25) is 0 Å². The number of rotatable bonds is 8. The lowest BCUT2D eigenvalue weighted by molar-refractivity contribution is -0.140. The summed E-state index contributed by atoms with van der Waals surface area (Å²) in [6.45, 7) is 4.05. The smallest absolute Gasteiger partial charge is 0.416 e. The van der Waals surface area contributed by atoms with Crippen LogP contribution >= 0.6 is 27.3 Å². The number of carbonyl (C=O) groups is 1. The van der Waals surface area contributed by atoms with Crippen molar-refractivity contribution >= 4 is 54.3 Å². The number of aryl methyl sites for hydroxylation is 4. The van der Waals surface area contributed by atoms with Crippen molar-refractivity contribution in [1.29, 1.82) is 0 Å². The first-order valence-electron chi connectivity index (χ1n) is 11.3. The minimum Gasteiger partial charge on any atom is -0.468 e. The summed E-state index contributed by atoms with van der Waals surface area (Å²) in [7, 11) is 1.35. The SMILES string of the molecule is CCCc1c(CCc2noc3cc(CC(Br)C(=O)OC)c(C)cc23)sc2cc(C(F)(F)F)ccc12. The van der Waals surface area contributed by atoms with E-state index in [4.69, 9.17) is 9.26 Å². The molecule has 1 unspecified atom stereocenters. The number of aromatic nitrogens is 1. The Balaban J connectivity index is 1.60. The number of alkyl halides is 4. The van der Waals surface area contributed by atoms with Gasteiger partial charge < -0.3 is 9.26 Å². The van der Waals surface area contributed by atoms with Crippen LogP contribution in [0, 0.1) is 6.92 Å². The van der Waals surface area contributed by atoms with Crippen LogP contribution in [0.25, 0.3) is 21.1 Å². The molecule has 2 aromatic heterocycles. The van der Waals surface area contributed by atoms with Crippen LogP contribution in [0.1, 0.15) is 46.2 Å². The number of methoxy groups -OCH3 is 1. The Morgan fingerprint density at radius 2 is 1.94 bits per heavy atom. The molecule has 2 heterocycles. The molecule has 0 saturated carbocycles. The summed E-state index contributed by atoms with van der Waals surface area (Å²) in [5, 5.41) is 6.09. The molecule has 0 spiro atoms. The molecule has 0 bridgehead atoms. The standard InChI is InChI=1S/C26H25BrF3NO3S/c1-4-5-17-18-7-6-16(26(28,29)30)13-24(18)35-23(17)9-8-21-19-10-14(2)15(12-22(19)34-31-21)11-20(27)25(32)33-3/h6-7,10,12-13,20H,4-5,8-9,11H2,1-3H3. The third-order valence-corrected chi connectivity index (χ3v) is 8.10. The number of ether oxygens (including phenoxy) is 1. The van der Waals surface area contributed by atoms with Crippen molar-refractivity contribution in [2.45, 2.75) is 57.0 Å². The van der Waals surface area contributed by atoms with Crippen molar-refractivity contribution < 1.29 is 27.2 Å². The molecule has 0 aliphatic carbocycles. The van der Waals surface area contributed by atoms with Gasteiger partial charge in [-0.2, -0.15) is 13.2 Å². The molecule has 4 nitrogen and oxygen atoms in total. The first kappa shape index (κ1) is 25.7. The van der Waals surface area contributed by atoms with Gasteiger partial charge in [0.15, 0.2) is 5.58 Å². The van der Waals surface area contributed by atoms with Gasteiger partial charge in [-0.05, 0) is 78.9 Å². The molecule has 0 fully saturated rings. The number of esters is 1. The third kappa shape index (κ3) is 5.40. The quantitative estimate of drug-likeness (QED) is 0.162. The minimum absolute atomic E-state index is 0.337. The zero-order chi connectivity index (χ0) is 25.3. The summed E-state index contributed by atoms with van der Waals surface area (Å²) < 4.78 is 50.6. The highest BCUT2D eigenvalue weighted by Gasteiger charge is 2.31. The zero-order valence-corrected chi connectivity index (χ0v) is 22.0. The largest absolute Gasteiger partial charge is 0.468 e. The van der Waals surface area contributed by atoms with Crippen LogP contribution in [0.15, 0.2) is 34.9 Å². The second-order valence-electron chi connectivity index (χ2n) is 8.56. The lowest BCUT2D eigenvalue weighted by atomic mass is 9.99. The van der Waals surface area contributed by atoms with Crippen molar-refractivity contribution in [3.05, 3.63) is 63.2 Å². The van der Waals surface area contributed by atoms with Crippen LogP contribution in [-0.4, -0.2) is 23.1 Å². The van der Waals surface area contributed by atoms with E-state index in [1.54, 1.807) is 6.07 Å². The molecule has 0 radical (unpaired) electrons. The Labute approximate surface area is 213 Å². The monoisotopic (exact) mass is 567 g/mol. The molecule has 0 N–H and O–H groups in total. The number of hydrogen-bond acceptors (Lipinski definition) is 5. The van der Waals surface area contributed by atoms with Crippen LogP contribution < -0.4 is 0 Å². The number of halogens is 4. The predicted octanol–water partition coefficient (Wildman–Crippen LogP) is 7.59. The van der Waals surface area contributed by atoms with Crippen molar-refractivity contribution in [3.63, 3.8) is 0 Å². The summed E-state index contributed by atoms with van der Waals surface area (Å²) >= 11 is 4.79. The molecule has 4 aromatic rings. The highest BCUT2D eigenvalue weighted by atomic mass is 79.9. The molecule has 0 amide bonds. The fraction of sp³-hybridized carbons (Fsp3) is 0.385. The maximum Gasteiger partial charge on any atom is 0.416 e. The van der Waals surface area contributed by atoms with Crippen LogP contribution in [0.5, 0.6) is 0 Å². The van der Waals surface area contributed by atoms with Gasteiger partial charge in [0.05, 0.1) is 18.4 Å². The Morgan fingerprint density at radius 3 is 2.63 bits per heavy atom. The van der Waals surface area contributed by atoms with Crippen molar-refractivity contribution in [2.24, 2.45) is 0 Å². The summed E-state index contributed by atoms with van der Waals surface area (Å²) in [6.07, 6.45) is -0.877. The molecule has 186 valence electrons. The highest BCUT2D eigenvalue weighted by molar-refractivity contribution is 9.10. The van der Waals surface area contributed by atoms with Gasteiger partial charge in [0.2, 0.25) is 0 Å². The molecule has 0 aliphatic rings. The van der Waals surface area contributed by atoms with Crippen LogP contribution in [0.4, 0.5) is 13.2 Å². The van der Waals surface area contributed by atoms with Gasteiger partial charge in [0.1, 0.15) is 4.83 Å². The summed E-state index contributed by atoms with van der Waals surface area (Å²) in [5.41, 5.74) is 3.94. The minimum atomic E-state index is -4.36. The number of fused-ring (bicyclic) bond motifs is 2. The van der Waals surface area contributed by atoms with Gasteiger partial charge in [-0.1, -0.05) is 40.5 Å². The predicted molar refractivity (Wildman–Crippen MR) is 135 cm³/mol. The average molecular weight is 568 g/mol. The van der Waals surface area contributed by atoms with Crippen molar-refractivity contribution in [3.8, 4) is 0 Å². The van der Waals surface area contributed by atoms with Gasteiger partial charge >= 0.3 is 12.1 Å². The number of hydrogen-bond donors (Lipinski definition) is 0. The molecule has 1 atom stereocenters. The van der Waals surface area contributed by atoms with Gasteiger partial charge in [0.25, 0.3) is 0 Å². The van der Waals surface area contributed by atoms with E-state index < -0.39 is 16.6 Å². The Bertz CT molecular complexity index is 1380. The van der Waals surface area contributed by atoms with Gasteiger partial charge in [-0.3, -0.25) is 4.79 Å². The second-order valence-corrected chi connectivity index (χ2v) is 10.8. The molecule has 0 aliphatic heterocycles. The highest BCUT2D eigenvalue weighted by Crippen LogP contribution is 2.38. The number of nitrogens with zero attached hydrogens (tertiary/aromatic N) is 1. The average Bonchev–Trinajstić information content (AvgIpc) is 3.37. The van der Waals surface area contributed by atoms with Crippen molar-refractivity contribution in [2.75, 3.05) is 7.11 Å². The molecule has 2 aromatic carbocycles. The first-order chi connectivity index (χ1) is 16.6. The van der Waals surface area contributed by atoms with E-state index in [9.17, 15) is 18.0 Å². The van der Waals surface area contributed by atoms with E-state index in [1.807, 2.05) is 19.1 Å². The normalized spacial score (nSPS) is 13.0. The lowest BCUT2D eigenvalue weighted by Crippen LogP contribution is -2.18. The van der Waals surface area contributed by atoms with E-state index in [2.05, 4.69) is 28.0 Å². The van der Waals surface area contributed by atoms with Gasteiger partial charge in [0, 0.05) is 15.0 Å². The maximum atomic E-state index is 13.2. The summed E-state index contributed by atoms with van der Waals surface area (Å²) in [5.74, 6) is -0.337. The molecule has 0 saturated heterocycles.